The Kier molecular flexibility index (Phi) is 12.0. The highest BCUT2D eigenvalue weighted by Gasteiger charge is 2.47. The van der Waals surface area contributed by atoms with Gasteiger partial charge in [0.15, 0.2) is 8.07 Å². The number of rotatable bonds is 13. The van der Waals surface area contributed by atoms with E-state index in [2.05, 4.69) is 290 Å². The van der Waals surface area contributed by atoms with Crippen LogP contribution in [0, 0.1) is 0 Å². The van der Waals surface area contributed by atoms with Crippen molar-refractivity contribution in [2.75, 3.05) is 19.1 Å². The van der Waals surface area contributed by atoms with Crippen molar-refractivity contribution >= 4 is 45.9 Å². The Morgan fingerprint density at radius 1 is 0.301 bits per heavy atom. The van der Waals surface area contributed by atoms with E-state index in [-0.39, 0.29) is 0 Å². The molecule has 0 atom stereocenters. The van der Waals surface area contributed by atoms with Crippen molar-refractivity contribution < 1.29 is 9.47 Å². The van der Waals surface area contributed by atoms with Crippen molar-refractivity contribution in [2.24, 2.45) is 0 Å². The second kappa shape index (κ2) is 19.3. The molecule has 350 valence electrons. The van der Waals surface area contributed by atoms with Crippen LogP contribution in [-0.2, 0) is 5.41 Å². The molecule has 73 heavy (non-hydrogen) atoms. The van der Waals surface area contributed by atoms with Crippen molar-refractivity contribution in [3.63, 3.8) is 0 Å². The summed E-state index contributed by atoms with van der Waals surface area (Å²) in [5.41, 5.74) is 14.4. The van der Waals surface area contributed by atoms with Crippen LogP contribution in [0.2, 0.25) is 0 Å². The van der Waals surface area contributed by atoms with Crippen LogP contribution in [0.3, 0.4) is 0 Å². The Morgan fingerprint density at radius 3 is 1.11 bits per heavy atom. The number of nitrogens with zero attached hydrogens (tertiary/aromatic N) is 1. The number of ether oxygens (including phenoxy) is 2. The summed E-state index contributed by atoms with van der Waals surface area (Å²) in [7, 11) is 0.788. The fourth-order valence-electron chi connectivity index (χ4n) is 11.5. The van der Waals surface area contributed by atoms with E-state index in [0.29, 0.717) is 0 Å². The molecule has 0 fully saturated rings. The molecule has 3 nitrogen and oxygen atoms in total. The Balaban J connectivity index is 0.990. The second-order valence-electron chi connectivity index (χ2n) is 18.7. The predicted octanol–water partition coefficient (Wildman–Crippen LogP) is 14.2. The van der Waals surface area contributed by atoms with E-state index in [1.165, 1.54) is 59.7 Å². The van der Waals surface area contributed by atoms with Crippen LogP contribution >= 0.6 is 0 Å². The first-order valence-electron chi connectivity index (χ1n) is 25.0. The number of fused-ring (bicyclic) bond motifs is 3. The van der Waals surface area contributed by atoms with Crippen LogP contribution in [0.1, 0.15) is 22.3 Å². The van der Waals surface area contributed by atoms with E-state index in [9.17, 15) is 0 Å². The molecular weight excluding hydrogens is 903 g/mol. The highest BCUT2D eigenvalue weighted by Crippen LogP contribution is 2.57. The molecule has 0 heterocycles. The van der Waals surface area contributed by atoms with Crippen LogP contribution in [0.15, 0.2) is 285 Å². The number of hydrogen-bond acceptors (Lipinski definition) is 3. The van der Waals surface area contributed by atoms with Gasteiger partial charge in [-0.3, -0.25) is 0 Å². The molecule has 0 saturated carbocycles. The number of anilines is 3. The lowest BCUT2D eigenvalue weighted by Gasteiger charge is -2.35. The molecule has 11 aromatic rings. The molecule has 0 amide bonds. The zero-order chi connectivity index (χ0) is 49.2. The normalized spacial score (nSPS) is 12.4. The second-order valence-corrected chi connectivity index (χ2v) is 22.5. The average Bonchev–Trinajstić information content (AvgIpc) is 3.78. The van der Waals surface area contributed by atoms with Gasteiger partial charge in [-0.25, -0.2) is 0 Å². The molecule has 0 aromatic heterocycles. The molecule has 0 N–H and O–H groups in total. The summed E-state index contributed by atoms with van der Waals surface area (Å²) < 4.78 is 11.4. The van der Waals surface area contributed by atoms with Gasteiger partial charge >= 0.3 is 0 Å². The maximum absolute atomic E-state index is 5.71. The Bertz CT molecular complexity index is 3500. The summed E-state index contributed by atoms with van der Waals surface area (Å²) in [5, 5.41) is 5.44. The lowest BCUT2D eigenvalue weighted by atomic mass is 9.67. The smallest absolute Gasteiger partial charge is 0.179 e. The third-order valence-electron chi connectivity index (χ3n) is 15.0. The Labute approximate surface area is 429 Å². The highest BCUT2D eigenvalue weighted by atomic mass is 28.3. The van der Waals surface area contributed by atoms with E-state index in [1.807, 2.05) is 0 Å². The molecular formula is C69H53NO2Si. The molecule has 12 rings (SSSR count). The number of hydrogen-bond donors (Lipinski definition) is 0. The van der Waals surface area contributed by atoms with E-state index in [4.69, 9.17) is 9.47 Å². The van der Waals surface area contributed by atoms with Gasteiger partial charge in [0.1, 0.15) is 11.5 Å². The van der Waals surface area contributed by atoms with Crippen molar-refractivity contribution in [3.8, 4) is 44.9 Å². The van der Waals surface area contributed by atoms with E-state index < -0.39 is 13.5 Å². The molecule has 0 bridgehead atoms. The summed E-state index contributed by atoms with van der Waals surface area (Å²) >= 11 is 0. The summed E-state index contributed by atoms with van der Waals surface area (Å²) in [6.07, 6.45) is 0. The third kappa shape index (κ3) is 7.84. The molecule has 0 saturated heterocycles. The lowest BCUT2D eigenvalue weighted by Crippen LogP contribution is -2.74. The Hall–Kier alpha value is -8.96. The third-order valence-corrected chi connectivity index (χ3v) is 19.8. The summed E-state index contributed by atoms with van der Waals surface area (Å²) in [4.78, 5) is 2.40. The van der Waals surface area contributed by atoms with Gasteiger partial charge in [0.25, 0.3) is 0 Å². The van der Waals surface area contributed by atoms with Crippen molar-refractivity contribution in [1.29, 1.82) is 0 Å². The first-order valence-corrected chi connectivity index (χ1v) is 27.0. The van der Waals surface area contributed by atoms with Crippen molar-refractivity contribution in [2.45, 2.75) is 5.41 Å². The Morgan fingerprint density at radius 2 is 0.658 bits per heavy atom. The van der Waals surface area contributed by atoms with Gasteiger partial charge in [-0.1, -0.05) is 224 Å². The van der Waals surface area contributed by atoms with E-state index in [0.717, 1.165) is 45.3 Å². The van der Waals surface area contributed by atoms with Gasteiger partial charge < -0.3 is 14.4 Å². The summed E-state index contributed by atoms with van der Waals surface area (Å²) in [6, 6.07) is 104. The molecule has 1 aliphatic rings. The minimum atomic E-state index is -2.66. The lowest BCUT2D eigenvalue weighted by molar-refractivity contribution is 0.414. The molecule has 1 aliphatic carbocycles. The van der Waals surface area contributed by atoms with Gasteiger partial charge in [-0.2, -0.15) is 0 Å². The average molecular weight is 956 g/mol. The van der Waals surface area contributed by atoms with Gasteiger partial charge in [0.05, 0.1) is 19.6 Å². The quantitative estimate of drug-likeness (QED) is 0.0849. The molecule has 0 spiro atoms. The highest BCUT2D eigenvalue weighted by molar-refractivity contribution is 7.19. The van der Waals surface area contributed by atoms with E-state index in [1.54, 1.807) is 14.2 Å². The maximum Gasteiger partial charge on any atom is 0.179 e. The molecule has 0 radical (unpaired) electrons. The van der Waals surface area contributed by atoms with E-state index >= 15 is 0 Å². The largest absolute Gasteiger partial charge is 0.497 e. The van der Waals surface area contributed by atoms with Crippen LogP contribution in [0.4, 0.5) is 17.1 Å². The summed E-state index contributed by atoms with van der Waals surface area (Å²) in [6.45, 7) is 0. The fraction of sp³-hybridized carbons (Fsp3) is 0.0435. The first kappa shape index (κ1) is 45.2. The molecule has 0 aliphatic heterocycles. The van der Waals surface area contributed by atoms with Gasteiger partial charge in [0.2, 0.25) is 0 Å². The first-order chi connectivity index (χ1) is 36.1. The van der Waals surface area contributed by atoms with Crippen LogP contribution < -0.4 is 35.1 Å². The number of benzene rings is 11. The minimum Gasteiger partial charge on any atom is -0.497 e. The summed E-state index contributed by atoms with van der Waals surface area (Å²) in [5.74, 6) is 1.64. The van der Waals surface area contributed by atoms with Crippen LogP contribution in [0.25, 0.3) is 33.4 Å². The molecule has 11 aromatic carbocycles. The SMILES string of the molecule is COc1ccc(C2(c3ccc(OC)cc3)c3ccccc3-c3ccc(N(c4ccc(-c5ccccc5)cc4)c4ccc(-c5ccc([Si](c6ccccc6)(c6ccccc6)c6ccccc6)cc5)cc4)cc32)cc1. The number of methoxy groups -OCH3 is 2. The van der Waals surface area contributed by atoms with Gasteiger partial charge in [-0.05, 0) is 137 Å². The van der Waals surface area contributed by atoms with Crippen molar-refractivity contribution in [3.05, 3.63) is 307 Å². The minimum absolute atomic E-state index is 0.638. The van der Waals surface area contributed by atoms with Crippen molar-refractivity contribution in [1.82, 2.24) is 0 Å². The van der Waals surface area contributed by atoms with Gasteiger partial charge in [-0.15, -0.1) is 0 Å². The maximum atomic E-state index is 5.71. The standard InChI is InChI=1S/C69H53NO2Si/c1-71-59-42-33-54(34-43-59)69(55-35-44-60(72-2)45-36-55)67-26-16-15-25-65(67)66-48-41-58(49-68(66)69)70(56-37-27-51(28-38-56)50-17-7-3-8-18-50)57-39-29-52(30-40-57)53-31-46-64(47-32-53)73(61-19-9-4-10-20-61,62-21-11-5-12-22-62)63-23-13-6-14-24-63/h3-49H,1-2H3. The van der Waals surface area contributed by atoms with Crippen LogP contribution in [0.5, 0.6) is 11.5 Å². The topological polar surface area (TPSA) is 21.7 Å². The van der Waals surface area contributed by atoms with Gasteiger partial charge in [0, 0.05) is 17.1 Å². The predicted molar refractivity (Wildman–Crippen MR) is 306 cm³/mol. The fourth-order valence-corrected chi connectivity index (χ4v) is 16.3. The zero-order valence-electron chi connectivity index (χ0n) is 40.9. The monoisotopic (exact) mass is 955 g/mol. The zero-order valence-corrected chi connectivity index (χ0v) is 41.9. The molecule has 4 heteroatoms. The molecule has 0 unspecified atom stereocenters. The van der Waals surface area contributed by atoms with Crippen LogP contribution in [-0.4, -0.2) is 22.3 Å².